The third-order valence-electron chi connectivity index (χ3n) is 6.76. The van der Waals surface area contributed by atoms with Gasteiger partial charge in [0, 0.05) is 44.3 Å². The lowest BCUT2D eigenvalue weighted by Gasteiger charge is -2.38. The highest BCUT2D eigenvalue weighted by atomic mass is 16.2. The van der Waals surface area contributed by atoms with E-state index in [0.29, 0.717) is 24.3 Å². The Bertz CT molecular complexity index is 832. The Balaban J connectivity index is 1.08. The van der Waals surface area contributed by atoms with Crippen LogP contribution >= 0.6 is 0 Å². The number of nitrogens with zero attached hydrogens (tertiary/aromatic N) is 7. The largest absolute Gasteiger partial charge is 0.339 e. The highest BCUT2D eigenvalue weighted by Gasteiger charge is 2.26. The van der Waals surface area contributed by atoms with Crippen molar-refractivity contribution in [3.05, 3.63) is 30.3 Å². The molecule has 32 heavy (non-hydrogen) atoms. The highest BCUT2D eigenvalue weighted by molar-refractivity contribution is 5.78. The minimum absolute atomic E-state index is 0.322. The number of carbonyl (C=O) groups excluding carboxylic acids is 1. The van der Waals surface area contributed by atoms with E-state index in [9.17, 15) is 4.79 Å². The Morgan fingerprint density at radius 1 is 0.938 bits per heavy atom. The molecule has 2 aliphatic heterocycles. The van der Waals surface area contributed by atoms with Gasteiger partial charge in [-0.1, -0.05) is 36.8 Å². The molecule has 0 aliphatic carbocycles. The van der Waals surface area contributed by atoms with Crippen molar-refractivity contribution in [3.63, 3.8) is 0 Å². The van der Waals surface area contributed by atoms with Crippen LogP contribution in [0.15, 0.2) is 30.3 Å². The molecule has 174 valence electrons. The van der Waals surface area contributed by atoms with E-state index in [-0.39, 0.29) is 0 Å². The molecule has 2 aromatic rings. The molecule has 0 spiro atoms. The number of aryl methyl sites for hydroxylation is 1. The molecule has 0 saturated carbocycles. The number of hydrogen-bond donors (Lipinski definition) is 0. The lowest BCUT2D eigenvalue weighted by Crippen LogP contribution is -2.52. The third kappa shape index (κ3) is 6.36. The summed E-state index contributed by atoms with van der Waals surface area (Å²) in [6.07, 6.45) is 6.98. The summed E-state index contributed by atoms with van der Waals surface area (Å²) in [7, 11) is 0. The van der Waals surface area contributed by atoms with Crippen molar-refractivity contribution < 1.29 is 4.79 Å². The summed E-state index contributed by atoms with van der Waals surface area (Å²) in [5.74, 6) is 1.01. The van der Waals surface area contributed by atoms with Crippen LogP contribution in [-0.4, -0.2) is 92.7 Å². The number of piperazine rings is 1. The van der Waals surface area contributed by atoms with Gasteiger partial charge in [-0.25, -0.2) is 0 Å². The third-order valence-corrected chi connectivity index (χ3v) is 6.76. The second-order valence-electron chi connectivity index (χ2n) is 9.19. The van der Waals surface area contributed by atoms with Gasteiger partial charge >= 0.3 is 0 Å². The molecule has 0 radical (unpaired) electrons. The maximum Gasteiger partial charge on any atom is 0.236 e. The summed E-state index contributed by atoms with van der Waals surface area (Å²) in [6, 6.07) is 10.4. The van der Waals surface area contributed by atoms with Gasteiger partial charge in [0.1, 0.15) is 0 Å². The van der Waals surface area contributed by atoms with Gasteiger partial charge in [0.25, 0.3) is 0 Å². The Kier molecular flexibility index (Phi) is 8.23. The van der Waals surface area contributed by atoms with Gasteiger partial charge < -0.3 is 9.80 Å². The first kappa shape index (κ1) is 22.9. The minimum Gasteiger partial charge on any atom is -0.339 e. The molecule has 1 atom stereocenters. The zero-order chi connectivity index (χ0) is 22.2. The van der Waals surface area contributed by atoms with Crippen LogP contribution in [0, 0.1) is 0 Å². The predicted octanol–water partition coefficient (Wildman–Crippen LogP) is 2.53. The summed E-state index contributed by atoms with van der Waals surface area (Å²) in [4.78, 5) is 21.3. The number of amides is 1. The molecular weight excluding hydrogens is 402 g/mol. The fraction of sp³-hybridized carbons (Fsp3) is 0.667. The van der Waals surface area contributed by atoms with Gasteiger partial charge in [-0.15, -0.1) is 10.2 Å². The lowest BCUT2D eigenvalue weighted by molar-refractivity contribution is -0.136. The normalized spacial score (nSPS) is 20.5. The topological polar surface area (TPSA) is 70.4 Å². The molecule has 4 rings (SSSR count). The van der Waals surface area contributed by atoms with Gasteiger partial charge in [-0.2, -0.15) is 4.80 Å². The molecule has 3 heterocycles. The van der Waals surface area contributed by atoms with Gasteiger partial charge in [0.2, 0.25) is 11.7 Å². The summed E-state index contributed by atoms with van der Waals surface area (Å²) in [6.45, 7) is 9.79. The molecule has 1 aromatic carbocycles. The van der Waals surface area contributed by atoms with Crippen molar-refractivity contribution in [2.45, 2.75) is 58.0 Å². The van der Waals surface area contributed by atoms with Crippen LogP contribution in [0.5, 0.6) is 0 Å². The van der Waals surface area contributed by atoms with Crippen molar-refractivity contribution in [3.8, 4) is 11.4 Å². The number of tetrazole rings is 1. The number of benzene rings is 1. The molecule has 8 heteroatoms. The van der Waals surface area contributed by atoms with E-state index in [1.165, 1.54) is 12.8 Å². The highest BCUT2D eigenvalue weighted by Crippen LogP contribution is 2.17. The summed E-state index contributed by atoms with van der Waals surface area (Å²) < 4.78 is 0. The van der Waals surface area contributed by atoms with E-state index < -0.39 is 0 Å². The predicted molar refractivity (Wildman–Crippen MR) is 125 cm³/mol. The van der Waals surface area contributed by atoms with Gasteiger partial charge in [0.05, 0.1) is 13.1 Å². The van der Waals surface area contributed by atoms with Gasteiger partial charge in [-0.05, 0) is 50.8 Å². The van der Waals surface area contributed by atoms with Crippen molar-refractivity contribution in [2.75, 3.05) is 45.8 Å². The second kappa shape index (κ2) is 11.5. The van der Waals surface area contributed by atoms with E-state index in [2.05, 4.69) is 37.0 Å². The molecule has 1 unspecified atom stereocenters. The Labute approximate surface area is 191 Å². The SMILES string of the molecule is CC1CCCCN1C(=O)CN1CCN(CCCCCn2nnc(-c3ccccc3)n2)CC1. The lowest BCUT2D eigenvalue weighted by atomic mass is 10.0. The van der Waals surface area contributed by atoms with Crippen molar-refractivity contribution in [1.29, 1.82) is 0 Å². The molecule has 8 nitrogen and oxygen atoms in total. The fourth-order valence-electron chi connectivity index (χ4n) is 4.73. The van der Waals surface area contributed by atoms with Crippen LogP contribution in [0.3, 0.4) is 0 Å². The van der Waals surface area contributed by atoms with Crippen LogP contribution in [0.4, 0.5) is 0 Å². The summed E-state index contributed by atoms with van der Waals surface area (Å²) in [5, 5.41) is 12.8. The molecule has 0 N–H and O–H groups in total. The van der Waals surface area contributed by atoms with Gasteiger partial charge in [-0.3, -0.25) is 9.69 Å². The van der Waals surface area contributed by atoms with E-state index in [4.69, 9.17) is 0 Å². The van der Waals surface area contributed by atoms with E-state index in [1.807, 2.05) is 30.3 Å². The number of piperidine rings is 1. The quantitative estimate of drug-likeness (QED) is 0.559. The molecule has 0 bridgehead atoms. The van der Waals surface area contributed by atoms with Crippen molar-refractivity contribution >= 4 is 5.91 Å². The van der Waals surface area contributed by atoms with Crippen molar-refractivity contribution in [2.24, 2.45) is 0 Å². The number of unbranched alkanes of at least 4 members (excludes halogenated alkanes) is 2. The van der Waals surface area contributed by atoms with Crippen LogP contribution in [0.1, 0.15) is 45.4 Å². The average molecular weight is 440 g/mol. The summed E-state index contributed by atoms with van der Waals surface area (Å²) >= 11 is 0. The maximum absolute atomic E-state index is 12.7. The first-order valence-corrected chi connectivity index (χ1v) is 12.3. The molecular formula is C24H37N7O. The Morgan fingerprint density at radius 2 is 1.69 bits per heavy atom. The Hall–Kier alpha value is -2.32. The average Bonchev–Trinajstić information content (AvgIpc) is 3.30. The molecule has 2 fully saturated rings. The molecule has 2 saturated heterocycles. The number of likely N-dealkylation sites (tertiary alicyclic amines) is 1. The molecule has 2 aliphatic rings. The fourth-order valence-corrected chi connectivity index (χ4v) is 4.73. The first-order chi connectivity index (χ1) is 15.7. The number of aromatic nitrogens is 4. The van der Waals surface area contributed by atoms with E-state index >= 15 is 0 Å². The zero-order valence-electron chi connectivity index (χ0n) is 19.4. The number of hydrogen-bond acceptors (Lipinski definition) is 6. The number of carbonyl (C=O) groups is 1. The molecule has 1 aromatic heterocycles. The summed E-state index contributed by atoms with van der Waals surface area (Å²) in [5.41, 5.74) is 1.00. The van der Waals surface area contributed by atoms with Crippen LogP contribution in [0.2, 0.25) is 0 Å². The first-order valence-electron chi connectivity index (χ1n) is 12.3. The van der Waals surface area contributed by atoms with Crippen LogP contribution in [-0.2, 0) is 11.3 Å². The van der Waals surface area contributed by atoms with Gasteiger partial charge in [0.15, 0.2) is 0 Å². The number of rotatable bonds is 9. The Morgan fingerprint density at radius 3 is 2.47 bits per heavy atom. The van der Waals surface area contributed by atoms with E-state index in [0.717, 1.165) is 77.1 Å². The van der Waals surface area contributed by atoms with Crippen LogP contribution < -0.4 is 0 Å². The zero-order valence-corrected chi connectivity index (χ0v) is 19.4. The monoisotopic (exact) mass is 439 g/mol. The maximum atomic E-state index is 12.7. The van der Waals surface area contributed by atoms with Crippen molar-refractivity contribution in [1.82, 2.24) is 34.9 Å². The standard InChI is InChI=1S/C24H37N7O/c1-21-10-6-9-14-30(21)23(32)20-29-18-16-28(17-19-29)13-7-3-8-15-31-26-24(25-27-31)22-11-4-2-5-12-22/h2,4-5,11-12,21H,3,6-10,13-20H2,1H3. The van der Waals surface area contributed by atoms with Crippen LogP contribution in [0.25, 0.3) is 11.4 Å². The molecule has 1 amide bonds. The minimum atomic E-state index is 0.322. The smallest absolute Gasteiger partial charge is 0.236 e. The second-order valence-corrected chi connectivity index (χ2v) is 9.19. The van der Waals surface area contributed by atoms with E-state index in [1.54, 1.807) is 4.80 Å².